The molecule has 0 aliphatic carbocycles. The van der Waals surface area contributed by atoms with Crippen LogP contribution in [-0.4, -0.2) is 74.2 Å². The fourth-order valence-electron chi connectivity index (χ4n) is 4.13. The van der Waals surface area contributed by atoms with Crippen molar-refractivity contribution in [1.82, 2.24) is 0 Å². The molecule has 8 nitrogen and oxygen atoms in total. The Bertz CT molecular complexity index is 583. The van der Waals surface area contributed by atoms with E-state index in [9.17, 15) is 14.3 Å². The van der Waals surface area contributed by atoms with Crippen molar-refractivity contribution < 1.29 is 37.6 Å². The summed E-state index contributed by atoms with van der Waals surface area (Å²) >= 11 is 4.25. The summed E-state index contributed by atoms with van der Waals surface area (Å²) < 4.78 is 27.2. The van der Waals surface area contributed by atoms with E-state index in [4.69, 9.17) is 14.4 Å². The summed E-state index contributed by atoms with van der Waals surface area (Å²) in [6.45, 7) is 1.99. The average molecular weight is 556 g/mol. The lowest BCUT2D eigenvalue weighted by molar-refractivity contribution is -0.897. The SMILES string of the molecule is CC(=O)O[C@@H](COCCCCCCCCCCCCCCCCS)CC(COP(=O)([O-])O)[N+](C)(C)C. The summed E-state index contributed by atoms with van der Waals surface area (Å²) in [7, 11) is 0.851. The maximum atomic E-state index is 11.5. The Hall–Kier alpha value is -0.150. The number of quaternary nitrogens is 1. The van der Waals surface area contributed by atoms with Crippen LogP contribution in [0, 0.1) is 0 Å². The minimum atomic E-state index is -4.82. The van der Waals surface area contributed by atoms with Gasteiger partial charge in [0.05, 0.1) is 27.7 Å². The zero-order valence-electron chi connectivity index (χ0n) is 23.3. The predicted octanol–water partition coefficient (Wildman–Crippen LogP) is 5.27. The minimum absolute atomic E-state index is 0.199. The third-order valence-corrected chi connectivity index (χ3v) is 7.19. The van der Waals surface area contributed by atoms with Crippen molar-refractivity contribution in [2.45, 2.75) is 115 Å². The van der Waals surface area contributed by atoms with Gasteiger partial charge in [0.25, 0.3) is 7.82 Å². The summed E-state index contributed by atoms with van der Waals surface area (Å²) in [6, 6.07) is -0.310. The molecule has 0 spiro atoms. The van der Waals surface area contributed by atoms with Crippen LogP contribution in [0.2, 0.25) is 0 Å². The van der Waals surface area contributed by atoms with E-state index >= 15 is 0 Å². The molecule has 0 radical (unpaired) electrons. The van der Waals surface area contributed by atoms with Crippen LogP contribution < -0.4 is 4.89 Å². The van der Waals surface area contributed by atoms with Crippen molar-refractivity contribution >= 4 is 26.4 Å². The van der Waals surface area contributed by atoms with E-state index < -0.39 is 19.9 Å². The Morgan fingerprint density at radius 2 is 1.31 bits per heavy atom. The standard InChI is InChI=1S/C26H54NO7PS/c1-24(28)34-26(21-25(27(2,3)4)22-33-35(29,30)31)23-32-19-17-15-13-11-9-7-5-6-8-10-12-14-16-18-20-36/h25-26H,5-23H2,1-4H3,(H2-,29,30,31,36)/t25?,26-/m1/s1. The second kappa shape index (κ2) is 21.7. The van der Waals surface area contributed by atoms with Crippen LogP contribution in [0.3, 0.4) is 0 Å². The fourth-order valence-corrected chi connectivity index (χ4v) is 4.71. The molecule has 0 aliphatic rings. The second-order valence-electron chi connectivity index (χ2n) is 10.7. The number of carbonyl (C=O) groups is 1. The number of phosphoric acid groups is 1. The topological polar surface area (TPSA) is 105 Å². The number of phosphoric ester groups is 1. The molecule has 36 heavy (non-hydrogen) atoms. The first-order chi connectivity index (χ1) is 17.0. The molecule has 0 saturated heterocycles. The molecule has 0 bridgehead atoms. The van der Waals surface area contributed by atoms with Gasteiger partial charge in [-0.1, -0.05) is 77.0 Å². The van der Waals surface area contributed by atoms with Gasteiger partial charge in [0.15, 0.2) is 0 Å². The summed E-state index contributed by atoms with van der Waals surface area (Å²) in [5.41, 5.74) is 0. The number of carbonyl (C=O) groups excluding carboxylic acids is 1. The molecule has 2 unspecified atom stereocenters. The molecule has 0 fully saturated rings. The van der Waals surface area contributed by atoms with Crippen molar-refractivity contribution in [3.8, 4) is 0 Å². The van der Waals surface area contributed by atoms with Gasteiger partial charge < -0.3 is 28.3 Å². The average Bonchev–Trinajstić information content (AvgIpc) is 2.76. The number of ether oxygens (including phenoxy) is 2. The van der Waals surface area contributed by atoms with Crippen molar-refractivity contribution in [1.29, 1.82) is 0 Å². The van der Waals surface area contributed by atoms with Crippen LogP contribution in [0.1, 0.15) is 103 Å². The van der Waals surface area contributed by atoms with E-state index in [0.29, 0.717) is 17.5 Å². The highest BCUT2D eigenvalue weighted by Crippen LogP contribution is 2.31. The Balaban J connectivity index is 3.93. The number of thiol groups is 1. The quantitative estimate of drug-likeness (QED) is 0.0520. The summed E-state index contributed by atoms with van der Waals surface area (Å²) in [4.78, 5) is 31.5. The van der Waals surface area contributed by atoms with Crippen LogP contribution in [0.25, 0.3) is 0 Å². The first-order valence-corrected chi connectivity index (χ1v) is 15.9. The van der Waals surface area contributed by atoms with Gasteiger partial charge in [0.2, 0.25) is 0 Å². The van der Waals surface area contributed by atoms with Gasteiger partial charge in [0.1, 0.15) is 18.8 Å². The van der Waals surface area contributed by atoms with E-state index in [-0.39, 0.29) is 19.3 Å². The number of esters is 1. The molecular formula is C26H54NO7PS. The van der Waals surface area contributed by atoms with Gasteiger partial charge in [-0.15, -0.1) is 0 Å². The van der Waals surface area contributed by atoms with E-state index in [1.54, 1.807) is 0 Å². The van der Waals surface area contributed by atoms with Crippen molar-refractivity contribution in [2.75, 3.05) is 46.7 Å². The normalized spacial score (nSPS) is 15.4. The highest BCUT2D eigenvalue weighted by atomic mass is 32.1. The van der Waals surface area contributed by atoms with Gasteiger partial charge in [0, 0.05) is 20.0 Å². The number of hydrogen-bond acceptors (Lipinski definition) is 7. The molecule has 0 heterocycles. The monoisotopic (exact) mass is 555 g/mol. The van der Waals surface area contributed by atoms with Crippen molar-refractivity contribution in [3.63, 3.8) is 0 Å². The number of nitrogens with zero attached hydrogens (tertiary/aromatic N) is 1. The zero-order valence-corrected chi connectivity index (χ0v) is 25.1. The minimum Gasteiger partial charge on any atom is -0.756 e. The summed E-state index contributed by atoms with van der Waals surface area (Å²) in [6.07, 6.45) is 17.8. The lowest BCUT2D eigenvalue weighted by atomic mass is 10.0. The van der Waals surface area contributed by atoms with E-state index in [0.717, 1.165) is 18.6 Å². The zero-order chi connectivity index (χ0) is 27.3. The smallest absolute Gasteiger partial charge is 0.302 e. The number of rotatable bonds is 25. The summed E-state index contributed by atoms with van der Waals surface area (Å²) in [5.74, 6) is 0.604. The highest BCUT2D eigenvalue weighted by molar-refractivity contribution is 7.80. The van der Waals surface area contributed by atoms with E-state index in [2.05, 4.69) is 17.2 Å². The van der Waals surface area contributed by atoms with Crippen LogP contribution >= 0.6 is 20.5 Å². The molecule has 0 aromatic carbocycles. The number of hydrogen-bond donors (Lipinski definition) is 2. The first-order valence-electron chi connectivity index (χ1n) is 13.8. The van der Waals surface area contributed by atoms with Gasteiger partial charge in [-0.3, -0.25) is 9.36 Å². The maximum absolute atomic E-state index is 11.5. The molecule has 1 N–H and O–H groups in total. The van der Waals surface area contributed by atoms with Crippen LogP contribution in [0.5, 0.6) is 0 Å². The third kappa shape index (κ3) is 24.2. The molecule has 10 heteroatoms. The molecule has 0 amide bonds. The Morgan fingerprint density at radius 1 is 0.861 bits per heavy atom. The Morgan fingerprint density at radius 3 is 1.69 bits per heavy atom. The van der Waals surface area contributed by atoms with Gasteiger partial charge in [-0.05, 0) is 18.6 Å². The summed E-state index contributed by atoms with van der Waals surface area (Å²) in [5, 5.41) is 0. The molecule has 0 aliphatic heterocycles. The predicted molar refractivity (Wildman–Crippen MR) is 147 cm³/mol. The lowest BCUT2D eigenvalue weighted by Crippen LogP contribution is -2.50. The molecule has 3 atom stereocenters. The van der Waals surface area contributed by atoms with Crippen molar-refractivity contribution in [3.05, 3.63) is 0 Å². The Kier molecular flexibility index (Phi) is 21.7. The fraction of sp³-hybridized carbons (Fsp3) is 0.962. The second-order valence-corrected chi connectivity index (χ2v) is 12.4. The first kappa shape index (κ1) is 35.9. The number of likely N-dealkylation sites (N-methyl/N-ethyl adjacent to an activating group) is 1. The van der Waals surface area contributed by atoms with Gasteiger partial charge in [-0.2, -0.15) is 12.6 Å². The van der Waals surface area contributed by atoms with Crippen LogP contribution in [0.4, 0.5) is 0 Å². The van der Waals surface area contributed by atoms with Crippen LogP contribution in [-0.2, 0) is 23.4 Å². The molecule has 216 valence electrons. The Labute approximate surface area is 226 Å². The van der Waals surface area contributed by atoms with E-state index in [1.807, 2.05) is 21.1 Å². The van der Waals surface area contributed by atoms with Crippen molar-refractivity contribution in [2.24, 2.45) is 0 Å². The molecule has 0 rings (SSSR count). The molecule has 0 saturated carbocycles. The lowest BCUT2D eigenvalue weighted by Gasteiger charge is -2.36. The molecular weight excluding hydrogens is 501 g/mol. The van der Waals surface area contributed by atoms with Gasteiger partial charge >= 0.3 is 5.97 Å². The molecule has 0 aromatic rings. The maximum Gasteiger partial charge on any atom is 0.302 e. The molecule has 0 aromatic heterocycles. The van der Waals surface area contributed by atoms with E-state index in [1.165, 1.54) is 84.0 Å². The van der Waals surface area contributed by atoms with Gasteiger partial charge in [-0.25, -0.2) is 0 Å². The third-order valence-electron chi connectivity index (χ3n) is 6.39. The largest absolute Gasteiger partial charge is 0.756 e. The highest BCUT2D eigenvalue weighted by Gasteiger charge is 2.30. The number of unbranched alkanes of at least 4 members (excludes halogenated alkanes) is 13. The van der Waals surface area contributed by atoms with Crippen LogP contribution in [0.15, 0.2) is 0 Å².